The first-order valence-electron chi connectivity index (χ1n) is 12.8. The minimum absolute atomic E-state index is 0.0490. The van der Waals surface area contributed by atoms with E-state index in [0.29, 0.717) is 41.0 Å². The Morgan fingerprint density at radius 2 is 2.19 bits per heavy atom. The maximum atomic E-state index is 12.6. The van der Waals surface area contributed by atoms with Crippen LogP contribution in [0.1, 0.15) is 73.8 Å². The number of nitrogens with zero attached hydrogens (tertiary/aromatic N) is 2. The van der Waals surface area contributed by atoms with Crippen molar-refractivity contribution in [1.82, 2.24) is 4.98 Å². The molecule has 1 aromatic carbocycles. The van der Waals surface area contributed by atoms with Gasteiger partial charge in [0.1, 0.15) is 12.9 Å². The first kappa shape index (κ1) is 26.6. The topological polar surface area (TPSA) is 83.8 Å². The third kappa shape index (κ3) is 4.81. The molecule has 0 saturated heterocycles. The first-order valence-corrected chi connectivity index (χ1v) is 15.7. The average molecular weight is 733 g/mol. The highest BCUT2D eigenvalue weighted by Crippen LogP contribution is 2.63. The number of benzene rings is 1. The van der Waals surface area contributed by atoms with Gasteiger partial charge < -0.3 is 15.3 Å². The molecule has 3 aliphatic carbocycles. The van der Waals surface area contributed by atoms with Crippen LogP contribution >= 0.6 is 56.5 Å². The van der Waals surface area contributed by atoms with E-state index in [2.05, 4.69) is 73.6 Å². The predicted molar refractivity (Wildman–Crippen MR) is 161 cm³/mol. The minimum atomic E-state index is 0.0490. The second-order valence-electron chi connectivity index (χ2n) is 10.8. The number of phenolic OH excluding ortho intramolecular Hbond substituents is 1. The minimum Gasteiger partial charge on any atom is -0.506 e. The van der Waals surface area contributed by atoms with Crippen LogP contribution in [0, 0.1) is 37.2 Å². The molecule has 2 N–H and O–H groups in total. The van der Waals surface area contributed by atoms with Gasteiger partial charge in [-0.3, -0.25) is 4.79 Å². The number of hydrogen-bond acceptors (Lipinski definition) is 6. The van der Waals surface area contributed by atoms with Crippen molar-refractivity contribution in [2.45, 2.75) is 71.1 Å². The number of fused-ring (bicyclic) bond motifs is 5. The Labute approximate surface area is 244 Å². The van der Waals surface area contributed by atoms with Crippen LogP contribution in [0.3, 0.4) is 0 Å². The number of nitrogens with one attached hydrogen (secondary N) is 1. The number of phenols is 1. The third-order valence-electron chi connectivity index (χ3n) is 8.82. The van der Waals surface area contributed by atoms with Crippen molar-refractivity contribution in [3.63, 3.8) is 0 Å². The average Bonchev–Trinajstić information content (AvgIpc) is 3.37. The molecule has 0 aliphatic heterocycles. The molecule has 2 fully saturated rings. The highest BCUT2D eigenvalue weighted by Gasteiger charge is 2.57. The SMILES string of the molecule is CO/N=C1\C[C@@H](CCCC(=O)Nc2ncc(C)s2)C2C3CCc4c(cc(I)c(O)c4I)C3CC[C@]12C. The number of anilines is 1. The van der Waals surface area contributed by atoms with Crippen LogP contribution in [0.15, 0.2) is 17.4 Å². The second-order valence-corrected chi connectivity index (χ2v) is 14.3. The third-order valence-corrected chi connectivity index (χ3v) is 11.6. The van der Waals surface area contributed by atoms with Crippen molar-refractivity contribution in [1.29, 1.82) is 0 Å². The summed E-state index contributed by atoms with van der Waals surface area (Å²) in [7, 11) is 1.65. The monoisotopic (exact) mass is 733 g/mol. The summed E-state index contributed by atoms with van der Waals surface area (Å²) in [6.45, 7) is 4.40. The van der Waals surface area contributed by atoms with Gasteiger partial charge in [-0.05, 0) is 138 Å². The fourth-order valence-electron chi connectivity index (χ4n) is 7.36. The van der Waals surface area contributed by atoms with Crippen molar-refractivity contribution in [2.75, 3.05) is 12.4 Å². The molecule has 1 amide bonds. The lowest BCUT2D eigenvalue weighted by Crippen LogP contribution is -2.44. The zero-order chi connectivity index (χ0) is 25.6. The van der Waals surface area contributed by atoms with E-state index >= 15 is 0 Å². The number of rotatable bonds is 6. The zero-order valence-corrected chi connectivity index (χ0v) is 26.1. The molecule has 0 bridgehead atoms. The summed E-state index contributed by atoms with van der Waals surface area (Å²) in [6, 6.07) is 2.24. The molecule has 3 aliphatic rings. The molecule has 1 heterocycles. The molecule has 2 saturated carbocycles. The molecule has 0 radical (unpaired) electrons. The molecule has 1 aromatic heterocycles. The van der Waals surface area contributed by atoms with E-state index in [9.17, 15) is 9.90 Å². The van der Waals surface area contributed by atoms with Gasteiger partial charge in [-0.25, -0.2) is 4.98 Å². The fourth-order valence-corrected chi connectivity index (χ4v) is 10.0. The van der Waals surface area contributed by atoms with Crippen molar-refractivity contribution in [3.05, 3.63) is 35.4 Å². The Bertz CT molecular complexity index is 1200. The van der Waals surface area contributed by atoms with E-state index in [1.807, 2.05) is 6.92 Å². The van der Waals surface area contributed by atoms with Gasteiger partial charge in [0.15, 0.2) is 5.13 Å². The van der Waals surface area contributed by atoms with Gasteiger partial charge in [0.25, 0.3) is 0 Å². The number of thiazole rings is 1. The largest absolute Gasteiger partial charge is 0.506 e. The molecule has 3 unspecified atom stereocenters. The van der Waals surface area contributed by atoms with Crippen molar-refractivity contribution in [2.24, 2.45) is 28.3 Å². The molecular formula is C27H33I2N3O3S. The highest BCUT2D eigenvalue weighted by atomic mass is 127. The Morgan fingerprint density at radius 1 is 1.39 bits per heavy atom. The summed E-state index contributed by atoms with van der Waals surface area (Å²) < 4.78 is 1.99. The summed E-state index contributed by atoms with van der Waals surface area (Å²) >= 11 is 6.12. The van der Waals surface area contributed by atoms with E-state index in [4.69, 9.17) is 4.84 Å². The Balaban J connectivity index is 1.35. The van der Waals surface area contributed by atoms with Crippen molar-refractivity contribution >= 4 is 73.3 Å². The standard InChI is InChI=1S/C27H33I2N3O3S/c1-14-13-30-26(36-14)31-22(33)6-4-5-15-11-21(32-35-3)27(2)10-9-16-17(23(15)27)7-8-18-19(16)12-20(28)25(34)24(18)29/h12-13,15-17,23,34H,4-11H2,1-3H3,(H,30,31,33)/b32-21+/t15-,16?,17?,23?,27-/m1/s1. The maximum Gasteiger partial charge on any atom is 0.226 e. The molecular weight excluding hydrogens is 700 g/mol. The lowest BCUT2D eigenvalue weighted by Gasteiger charge is -2.50. The fraction of sp³-hybridized carbons (Fsp3) is 0.593. The van der Waals surface area contributed by atoms with Crippen molar-refractivity contribution in [3.8, 4) is 5.75 Å². The van der Waals surface area contributed by atoms with Gasteiger partial charge in [0, 0.05) is 22.9 Å². The van der Waals surface area contributed by atoms with E-state index in [0.717, 1.165) is 57.0 Å². The van der Waals surface area contributed by atoms with Crippen LogP contribution in [0.4, 0.5) is 5.13 Å². The summed E-state index contributed by atoms with van der Waals surface area (Å²) in [4.78, 5) is 23.2. The molecule has 194 valence electrons. The molecule has 36 heavy (non-hydrogen) atoms. The molecule has 6 nitrogen and oxygen atoms in total. The first-order chi connectivity index (χ1) is 17.2. The number of aromatic nitrogens is 1. The van der Waals surface area contributed by atoms with Crippen LogP contribution in [0.5, 0.6) is 5.75 Å². The van der Waals surface area contributed by atoms with E-state index in [1.54, 1.807) is 13.3 Å². The number of carbonyl (C=O) groups excluding carboxylic acids is 1. The van der Waals surface area contributed by atoms with Gasteiger partial charge in [0.2, 0.25) is 5.91 Å². The van der Waals surface area contributed by atoms with Gasteiger partial charge in [-0.15, -0.1) is 11.3 Å². The van der Waals surface area contributed by atoms with Crippen LogP contribution in [0.2, 0.25) is 0 Å². The van der Waals surface area contributed by atoms with Gasteiger partial charge in [-0.1, -0.05) is 12.1 Å². The molecule has 0 spiro atoms. The number of halogens is 2. The number of carbonyl (C=O) groups is 1. The lowest BCUT2D eigenvalue weighted by molar-refractivity contribution is -0.116. The lowest BCUT2D eigenvalue weighted by atomic mass is 9.54. The number of aryl methyl sites for hydroxylation is 1. The predicted octanol–water partition coefficient (Wildman–Crippen LogP) is 7.26. The van der Waals surface area contributed by atoms with Crippen molar-refractivity contribution < 1.29 is 14.7 Å². The Morgan fingerprint density at radius 3 is 2.92 bits per heavy atom. The van der Waals surface area contributed by atoms with E-state index < -0.39 is 0 Å². The highest BCUT2D eigenvalue weighted by molar-refractivity contribution is 14.1. The van der Waals surface area contributed by atoms with Gasteiger partial charge in [-0.2, -0.15) is 0 Å². The van der Waals surface area contributed by atoms with Crippen LogP contribution < -0.4 is 5.32 Å². The number of aromatic hydroxyl groups is 1. The van der Waals surface area contributed by atoms with Gasteiger partial charge in [0.05, 0.1) is 12.9 Å². The molecule has 5 atom stereocenters. The Hall–Kier alpha value is -0.950. The number of hydrogen-bond donors (Lipinski definition) is 2. The molecule has 5 rings (SSSR count). The molecule has 2 aromatic rings. The smallest absolute Gasteiger partial charge is 0.226 e. The van der Waals surface area contributed by atoms with E-state index in [1.165, 1.54) is 28.2 Å². The quantitative estimate of drug-likeness (QED) is 0.242. The maximum absolute atomic E-state index is 12.6. The Kier molecular flexibility index (Phi) is 7.90. The summed E-state index contributed by atoms with van der Waals surface area (Å²) in [5.41, 5.74) is 4.07. The number of amides is 1. The van der Waals surface area contributed by atoms with Crippen LogP contribution in [-0.4, -0.2) is 28.8 Å². The van der Waals surface area contributed by atoms with Crippen LogP contribution in [0.25, 0.3) is 0 Å². The summed E-state index contributed by atoms with van der Waals surface area (Å²) in [6.07, 6.45) is 9.58. The zero-order valence-electron chi connectivity index (χ0n) is 20.9. The van der Waals surface area contributed by atoms with Gasteiger partial charge >= 0.3 is 0 Å². The van der Waals surface area contributed by atoms with E-state index in [-0.39, 0.29) is 11.3 Å². The number of oxime groups is 1. The second kappa shape index (κ2) is 10.7. The van der Waals surface area contributed by atoms with Crippen LogP contribution in [-0.2, 0) is 16.1 Å². The summed E-state index contributed by atoms with van der Waals surface area (Å²) in [5, 5.41) is 18.7. The summed E-state index contributed by atoms with van der Waals surface area (Å²) in [5.74, 6) is 2.64. The normalized spacial score (nSPS) is 30.0. The molecule has 9 heteroatoms.